The largest absolute Gasteiger partial charge is 0.380 e. The number of hydrogen-bond donors (Lipinski definition) is 3. The van der Waals surface area contributed by atoms with Gasteiger partial charge in [-0.25, -0.2) is 0 Å². The summed E-state index contributed by atoms with van der Waals surface area (Å²) in [6, 6.07) is 12.3. The number of nitrogens with one attached hydrogen (secondary N) is 1. The summed E-state index contributed by atoms with van der Waals surface area (Å²) in [4.78, 5) is 30.6. The highest BCUT2D eigenvalue weighted by molar-refractivity contribution is 6.30. The highest BCUT2D eigenvalue weighted by atomic mass is 35.5. The lowest BCUT2D eigenvalue weighted by Crippen LogP contribution is -2.51. The Hall–Kier alpha value is -3.77. The fourth-order valence-corrected chi connectivity index (χ4v) is 3.26. The van der Waals surface area contributed by atoms with Gasteiger partial charge < -0.3 is 20.4 Å². The van der Waals surface area contributed by atoms with Gasteiger partial charge in [-0.15, -0.1) is 6.58 Å². The molecule has 42 heavy (non-hydrogen) atoms. The Bertz CT molecular complexity index is 1150. The van der Waals surface area contributed by atoms with Gasteiger partial charge in [0.2, 0.25) is 0 Å². The Balaban J connectivity index is 0. The third-order valence-electron chi connectivity index (χ3n) is 5.46. The predicted molar refractivity (Wildman–Crippen MR) is 173 cm³/mol. The van der Waals surface area contributed by atoms with E-state index in [1.54, 1.807) is 50.4 Å². The number of amides is 2. The number of allylic oxidation sites excluding steroid dienone is 3. The van der Waals surface area contributed by atoms with E-state index < -0.39 is 30.1 Å². The summed E-state index contributed by atoms with van der Waals surface area (Å²) in [5.74, 6) is -1.53. The molecule has 0 aliphatic carbocycles. The number of carbonyl (C=O) groups excluding carboxylic acids is 2. The molecule has 1 aromatic heterocycles. The van der Waals surface area contributed by atoms with Gasteiger partial charge in [-0.1, -0.05) is 88.4 Å². The van der Waals surface area contributed by atoms with Crippen LogP contribution in [0.15, 0.2) is 79.5 Å². The topological polar surface area (TPSA) is 127 Å². The van der Waals surface area contributed by atoms with Crippen LogP contribution in [0, 0.1) is 11.3 Å². The smallest absolute Gasteiger partial charge is 0.254 e. The highest BCUT2D eigenvalue weighted by Crippen LogP contribution is 2.23. The second kappa shape index (κ2) is 23.9. The number of unbranched alkanes of at least 4 members (excludes halogenated alkanes) is 1. The first-order valence-corrected chi connectivity index (χ1v) is 14.3. The zero-order chi connectivity index (χ0) is 32.7. The van der Waals surface area contributed by atoms with Gasteiger partial charge in [0.05, 0.1) is 23.4 Å². The molecule has 3 N–H and O–H groups in total. The minimum atomic E-state index is -1.89. The first kappa shape index (κ1) is 40.4. The van der Waals surface area contributed by atoms with Gasteiger partial charge >= 0.3 is 0 Å². The molecule has 0 saturated heterocycles. The Morgan fingerprint density at radius 3 is 2.17 bits per heavy atom. The van der Waals surface area contributed by atoms with Gasteiger partial charge in [0, 0.05) is 35.4 Å². The van der Waals surface area contributed by atoms with E-state index in [-0.39, 0.29) is 0 Å². The number of nitrogens with zero attached hydrogens (tertiary/aromatic N) is 3. The van der Waals surface area contributed by atoms with Crippen LogP contribution in [0.1, 0.15) is 71.7 Å². The molecule has 2 aromatic rings. The number of hydrogen-bond acceptors (Lipinski definition) is 6. The van der Waals surface area contributed by atoms with Crippen molar-refractivity contribution in [3.8, 4) is 17.2 Å². The monoisotopic (exact) mass is 598 g/mol. The van der Waals surface area contributed by atoms with Crippen molar-refractivity contribution in [1.29, 1.82) is 5.26 Å². The van der Waals surface area contributed by atoms with E-state index in [4.69, 9.17) is 11.6 Å². The maximum atomic E-state index is 12.4. The number of carbonyl (C=O) groups is 2. The van der Waals surface area contributed by atoms with Crippen LogP contribution in [0.25, 0.3) is 11.1 Å². The molecule has 3 atom stereocenters. The number of aromatic nitrogens is 1. The number of benzene rings is 1. The zero-order valence-electron chi connectivity index (χ0n) is 25.8. The van der Waals surface area contributed by atoms with Gasteiger partial charge in [0.1, 0.15) is 0 Å². The number of nitriles is 1. The Kier molecular flexibility index (Phi) is 23.0. The Morgan fingerprint density at radius 2 is 1.71 bits per heavy atom. The summed E-state index contributed by atoms with van der Waals surface area (Å²) >= 11 is 5.15. The van der Waals surface area contributed by atoms with Crippen LogP contribution in [0.4, 0.5) is 0 Å². The van der Waals surface area contributed by atoms with E-state index in [0.29, 0.717) is 29.4 Å². The lowest BCUT2D eigenvalue weighted by molar-refractivity contribution is -0.153. The van der Waals surface area contributed by atoms with Gasteiger partial charge in [-0.05, 0) is 39.3 Å². The SMILES string of the molecule is C=CC.C=CC(=C)Cl.CC.CCCCN(CC)C(=O)[C@H](O)[C@@H](O)C(=O)NC(C)c1ccc(-c2ccccc2C#N)cn1. The van der Waals surface area contributed by atoms with Crippen LogP contribution in [-0.4, -0.2) is 57.2 Å². The van der Waals surface area contributed by atoms with Crippen LogP contribution in [-0.2, 0) is 9.59 Å². The highest BCUT2D eigenvalue weighted by Gasteiger charge is 2.33. The normalized spacial score (nSPS) is 11.5. The second-order valence-corrected chi connectivity index (χ2v) is 9.07. The van der Waals surface area contributed by atoms with Gasteiger partial charge in [-0.3, -0.25) is 14.6 Å². The molecule has 0 aliphatic heterocycles. The molecule has 0 bridgehead atoms. The Labute approximate surface area is 257 Å². The number of halogens is 1. The molecule has 0 radical (unpaired) electrons. The first-order chi connectivity index (χ1) is 20.0. The molecule has 1 heterocycles. The van der Waals surface area contributed by atoms with Crippen molar-refractivity contribution >= 4 is 23.4 Å². The van der Waals surface area contributed by atoms with Crippen molar-refractivity contribution in [2.24, 2.45) is 0 Å². The standard InChI is InChI=1S/C24H30N4O4.C4H5Cl.C3H6.C2H6/c1-4-6-13-28(5-2)24(32)22(30)21(29)23(31)27-16(3)20-12-11-18(15-26-20)19-10-8-7-9-17(19)14-25;1-3-4(2)5;1-3-2;1-2/h7-12,15-16,21-22,29-30H,4-6,13H2,1-3H3,(H,27,31);3H,1-2H2;3H,1H2,2H3;1-2H3/t16?,21-,22-;;;/m1.../s1. The third kappa shape index (κ3) is 14.7. The average molecular weight is 599 g/mol. The minimum Gasteiger partial charge on any atom is -0.380 e. The molecule has 0 aliphatic rings. The van der Waals surface area contributed by atoms with Crippen LogP contribution in [0.5, 0.6) is 0 Å². The van der Waals surface area contributed by atoms with E-state index in [9.17, 15) is 25.1 Å². The Morgan fingerprint density at radius 1 is 1.14 bits per heavy atom. The summed E-state index contributed by atoms with van der Waals surface area (Å²) in [5.41, 5.74) is 2.58. The predicted octanol–water partition coefficient (Wildman–Crippen LogP) is 6.31. The molecule has 9 heteroatoms. The molecule has 8 nitrogen and oxygen atoms in total. The fourth-order valence-electron chi connectivity index (χ4n) is 3.26. The van der Waals surface area contributed by atoms with E-state index in [0.717, 1.165) is 24.0 Å². The van der Waals surface area contributed by atoms with Crippen LogP contribution in [0.2, 0.25) is 0 Å². The molecule has 1 aromatic carbocycles. The number of likely N-dealkylation sites (N-methyl/N-ethyl adjacent to an activating group) is 1. The van der Waals surface area contributed by atoms with Crippen molar-refractivity contribution < 1.29 is 19.8 Å². The number of rotatable bonds is 11. The summed E-state index contributed by atoms with van der Waals surface area (Å²) in [7, 11) is 0. The molecule has 0 spiro atoms. The van der Waals surface area contributed by atoms with Crippen LogP contribution < -0.4 is 5.32 Å². The second-order valence-electron chi connectivity index (χ2n) is 8.58. The molecule has 230 valence electrons. The maximum Gasteiger partial charge on any atom is 0.254 e. The van der Waals surface area contributed by atoms with Gasteiger partial charge in [-0.2, -0.15) is 5.26 Å². The molecule has 1 unspecified atom stereocenters. The van der Waals surface area contributed by atoms with Crippen molar-refractivity contribution in [2.75, 3.05) is 13.1 Å². The van der Waals surface area contributed by atoms with E-state index in [1.165, 1.54) is 11.0 Å². The summed E-state index contributed by atoms with van der Waals surface area (Å²) in [6.07, 6.45) is 2.77. The van der Waals surface area contributed by atoms with Crippen molar-refractivity contribution in [1.82, 2.24) is 15.2 Å². The van der Waals surface area contributed by atoms with Crippen molar-refractivity contribution in [3.05, 3.63) is 90.8 Å². The molecular weight excluding hydrogens is 552 g/mol. The molecule has 0 fully saturated rings. The van der Waals surface area contributed by atoms with Crippen molar-refractivity contribution in [2.45, 2.75) is 72.6 Å². The van der Waals surface area contributed by atoms with Gasteiger partial charge in [0.25, 0.3) is 11.8 Å². The summed E-state index contributed by atoms with van der Waals surface area (Å²) < 4.78 is 0. The lowest BCUT2D eigenvalue weighted by Gasteiger charge is -2.26. The minimum absolute atomic E-state index is 0.381. The lowest BCUT2D eigenvalue weighted by atomic mass is 10.0. The first-order valence-electron chi connectivity index (χ1n) is 14.0. The molecule has 0 saturated carbocycles. The quantitative estimate of drug-likeness (QED) is 0.205. The molecule has 2 amide bonds. The van der Waals surface area contributed by atoms with E-state index in [2.05, 4.69) is 36.1 Å². The third-order valence-corrected chi connectivity index (χ3v) is 5.62. The van der Waals surface area contributed by atoms with Gasteiger partial charge in [0.15, 0.2) is 12.2 Å². The number of aliphatic hydroxyl groups excluding tert-OH is 2. The fraction of sp³-hybridized carbons (Fsp3) is 0.394. The number of aliphatic hydroxyl groups is 2. The van der Waals surface area contributed by atoms with Crippen molar-refractivity contribution in [3.63, 3.8) is 0 Å². The van der Waals surface area contributed by atoms with E-state index >= 15 is 0 Å². The molecular formula is C33H47ClN4O4. The summed E-state index contributed by atoms with van der Waals surface area (Å²) in [5, 5.41) is 32.8. The van der Waals surface area contributed by atoms with E-state index in [1.807, 2.05) is 39.8 Å². The molecule has 2 rings (SSSR count). The average Bonchev–Trinajstić information content (AvgIpc) is 3.02. The van der Waals surface area contributed by atoms with Crippen LogP contribution in [0.3, 0.4) is 0 Å². The zero-order valence-corrected chi connectivity index (χ0v) is 26.6. The number of pyridine rings is 1. The maximum absolute atomic E-state index is 12.4. The summed E-state index contributed by atoms with van der Waals surface area (Å²) in [6.45, 7) is 22.2. The van der Waals surface area contributed by atoms with Crippen LogP contribution >= 0.6 is 11.6 Å².